The van der Waals surface area contributed by atoms with Gasteiger partial charge in [0.05, 0.1) is 12.2 Å². The van der Waals surface area contributed by atoms with Gasteiger partial charge in [-0.1, -0.05) is 19.1 Å². The minimum absolute atomic E-state index is 0.129. The SMILES string of the molecule is CCCN1C[C@H]2CC[C@@H]1CN(C(=O)c1ccccc1OCC)C2. The molecule has 1 aromatic carbocycles. The van der Waals surface area contributed by atoms with E-state index in [1.54, 1.807) is 0 Å². The number of benzene rings is 1. The lowest BCUT2D eigenvalue weighted by Crippen LogP contribution is -2.44. The normalized spacial score (nSPS) is 24.5. The summed E-state index contributed by atoms with van der Waals surface area (Å²) in [6, 6.07) is 8.16. The molecular weight excluding hydrogens is 288 g/mol. The molecule has 2 atom stereocenters. The fourth-order valence-corrected chi connectivity index (χ4v) is 4.00. The van der Waals surface area contributed by atoms with Crippen LogP contribution in [0.3, 0.4) is 0 Å². The number of hydrogen-bond acceptors (Lipinski definition) is 3. The van der Waals surface area contributed by atoms with Crippen LogP contribution in [0.2, 0.25) is 0 Å². The highest BCUT2D eigenvalue weighted by atomic mass is 16.5. The highest BCUT2D eigenvalue weighted by Crippen LogP contribution is 2.30. The van der Waals surface area contributed by atoms with E-state index in [0.29, 0.717) is 29.9 Å². The van der Waals surface area contributed by atoms with Crippen molar-refractivity contribution in [3.05, 3.63) is 29.8 Å². The topological polar surface area (TPSA) is 32.8 Å². The lowest BCUT2D eigenvalue weighted by atomic mass is 9.95. The maximum absolute atomic E-state index is 13.1. The van der Waals surface area contributed by atoms with Crippen LogP contribution in [-0.2, 0) is 0 Å². The second-order valence-corrected chi connectivity index (χ2v) is 6.73. The number of rotatable bonds is 5. The Labute approximate surface area is 139 Å². The minimum Gasteiger partial charge on any atom is -0.493 e. The van der Waals surface area contributed by atoms with Crippen molar-refractivity contribution in [1.82, 2.24) is 9.80 Å². The second-order valence-electron chi connectivity index (χ2n) is 6.73. The number of nitrogens with zero attached hydrogens (tertiary/aromatic N) is 2. The quantitative estimate of drug-likeness (QED) is 0.837. The van der Waals surface area contributed by atoms with Crippen LogP contribution in [0.5, 0.6) is 5.75 Å². The third-order valence-electron chi connectivity index (χ3n) is 5.04. The Kier molecular flexibility index (Phi) is 5.21. The molecule has 23 heavy (non-hydrogen) atoms. The summed E-state index contributed by atoms with van der Waals surface area (Å²) in [5, 5.41) is 0. The van der Waals surface area contributed by atoms with Crippen LogP contribution in [0.1, 0.15) is 43.5 Å². The Morgan fingerprint density at radius 3 is 2.78 bits per heavy atom. The summed E-state index contributed by atoms with van der Waals surface area (Å²) in [5.41, 5.74) is 0.706. The van der Waals surface area contributed by atoms with Crippen LogP contribution in [0.25, 0.3) is 0 Å². The number of amides is 1. The Morgan fingerprint density at radius 2 is 2.00 bits per heavy atom. The van der Waals surface area contributed by atoms with E-state index in [9.17, 15) is 4.79 Å². The number of carbonyl (C=O) groups is 1. The van der Waals surface area contributed by atoms with E-state index in [-0.39, 0.29) is 5.91 Å². The van der Waals surface area contributed by atoms with Crippen molar-refractivity contribution < 1.29 is 9.53 Å². The molecule has 0 aliphatic carbocycles. The molecule has 126 valence electrons. The van der Waals surface area contributed by atoms with Gasteiger partial charge in [-0.25, -0.2) is 0 Å². The zero-order valence-corrected chi connectivity index (χ0v) is 14.3. The zero-order chi connectivity index (χ0) is 16.2. The predicted molar refractivity (Wildman–Crippen MR) is 91.9 cm³/mol. The molecule has 3 fully saturated rings. The van der Waals surface area contributed by atoms with Crippen LogP contribution in [0, 0.1) is 5.92 Å². The van der Waals surface area contributed by atoms with Crippen molar-refractivity contribution in [2.24, 2.45) is 5.92 Å². The fraction of sp³-hybridized carbons (Fsp3) is 0.632. The number of para-hydroxylation sites is 1. The van der Waals surface area contributed by atoms with Crippen molar-refractivity contribution >= 4 is 5.91 Å². The van der Waals surface area contributed by atoms with E-state index in [2.05, 4.69) is 16.7 Å². The van der Waals surface area contributed by atoms with Gasteiger partial charge in [0.25, 0.3) is 5.91 Å². The Bertz CT molecular complexity index is 546. The van der Waals surface area contributed by atoms with Gasteiger partial charge in [-0.15, -0.1) is 0 Å². The molecule has 3 heterocycles. The van der Waals surface area contributed by atoms with E-state index in [4.69, 9.17) is 4.74 Å². The van der Waals surface area contributed by atoms with E-state index >= 15 is 0 Å². The third kappa shape index (κ3) is 3.52. The number of piperidine rings is 1. The van der Waals surface area contributed by atoms with Crippen LogP contribution in [0.15, 0.2) is 24.3 Å². The van der Waals surface area contributed by atoms with Crippen LogP contribution < -0.4 is 4.74 Å². The van der Waals surface area contributed by atoms with Crippen molar-refractivity contribution in [3.63, 3.8) is 0 Å². The van der Waals surface area contributed by atoms with E-state index < -0.39 is 0 Å². The summed E-state index contributed by atoms with van der Waals surface area (Å²) in [6.07, 6.45) is 3.66. The average Bonchev–Trinajstić information content (AvgIpc) is 2.87. The first kappa shape index (κ1) is 16.3. The van der Waals surface area contributed by atoms with Crippen molar-refractivity contribution in [2.75, 3.05) is 32.8 Å². The van der Waals surface area contributed by atoms with Gasteiger partial charge in [0, 0.05) is 25.7 Å². The van der Waals surface area contributed by atoms with E-state index in [1.165, 1.54) is 19.3 Å². The highest BCUT2D eigenvalue weighted by molar-refractivity contribution is 5.97. The molecule has 1 aromatic rings. The maximum Gasteiger partial charge on any atom is 0.257 e. The first-order valence-electron chi connectivity index (χ1n) is 8.98. The van der Waals surface area contributed by atoms with Crippen LogP contribution in [0.4, 0.5) is 0 Å². The molecular formula is C19H28N2O2. The molecule has 3 aliphatic heterocycles. The lowest BCUT2D eigenvalue weighted by Gasteiger charge is -2.35. The molecule has 3 saturated heterocycles. The monoisotopic (exact) mass is 316 g/mol. The fourth-order valence-electron chi connectivity index (χ4n) is 4.00. The molecule has 0 saturated carbocycles. The largest absolute Gasteiger partial charge is 0.493 e. The smallest absolute Gasteiger partial charge is 0.257 e. The standard InChI is InChI=1S/C19H28N2O2/c1-3-11-20-12-15-9-10-16(20)14-21(13-15)19(22)17-7-5-6-8-18(17)23-4-2/h5-8,15-16H,3-4,9-14H2,1-2H3/t15-,16-/m1/s1. The Hall–Kier alpha value is -1.55. The van der Waals surface area contributed by atoms with E-state index in [0.717, 1.165) is 26.2 Å². The first-order chi connectivity index (χ1) is 11.2. The first-order valence-corrected chi connectivity index (χ1v) is 8.98. The minimum atomic E-state index is 0.129. The van der Waals surface area contributed by atoms with Crippen molar-refractivity contribution in [3.8, 4) is 5.75 Å². The van der Waals surface area contributed by atoms with Gasteiger partial charge in [0.1, 0.15) is 5.75 Å². The number of hydrogen-bond donors (Lipinski definition) is 0. The van der Waals surface area contributed by atoms with Crippen molar-refractivity contribution in [2.45, 2.75) is 39.2 Å². The van der Waals surface area contributed by atoms with Gasteiger partial charge in [0.15, 0.2) is 0 Å². The second kappa shape index (κ2) is 7.35. The van der Waals surface area contributed by atoms with Gasteiger partial charge in [-0.05, 0) is 50.8 Å². The van der Waals surface area contributed by atoms with Gasteiger partial charge >= 0.3 is 0 Å². The summed E-state index contributed by atoms with van der Waals surface area (Å²) in [6.45, 7) is 8.82. The zero-order valence-electron chi connectivity index (χ0n) is 14.3. The average molecular weight is 316 g/mol. The molecule has 4 nitrogen and oxygen atoms in total. The molecule has 0 aromatic heterocycles. The van der Waals surface area contributed by atoms with Crippen LogP contribution in [-0.4, -0.2) is 54.5 Å². The molecule has 1 amide bonds. The van der Waals surface area contributed by atoms with Crippen LogP contribution >= 0.6 is 0 Å². The Balaban J connectivity index is 1.78. The van der Waals surface area contributed by atoms with Gasteiger partial charge in [0.2, 0.25) is 0 Å². The summed E-state index contributed by atoms with van der Waals surface area (Å²) in [7, 11) is 0. The van der Waals surface area contributed by atoms with E-state index in [1.807, 2.05) is 31.2 Å². The van der Waals surface area contributed by atoms with Gasteiger partial charge < -0.3 is 9.64 Å². The predicted octanol–water partition coefficient (Wildman–Crippen LogP) is 3.03. The number of carbonyl (C=O) groups excluding carboxylic acids is 1. The third-order valence-corrected chi connectivity index (χ3v) is 5.04. The maximum atomic E-state index is 13.1. The summed E-state index contributed by atoms with van der Waals surface area (Å²) >= 11 is 0. The van der Waals surface area contributed by atoms with Gasteiger partial charge in [-0.2, -0.15) is 0 Å². The highest BCUT2D eigenvalue weighted by Gasteiger charge is 2.36. The molecule has 0 unspecified atom stereocenters. The number of ether oxygens (including phenoxy) is 1. The summed E-state index contributed by atoms with van der Waals surface area (Å²) in [4.78, 5) is 17.7. The summed E-state index contributed by atoms with van der Waals surface area (Å²) in [5.74, 6) is 1.45. The molecule has 2 bridgehead atoms. The Morgan fingerprint density at radius 1 is 1.17 bits per heavy atom. The summed E-state index contributed by atoms with van der Waals surface area (Å²) < 4.78 is 5.65. The molecule has 4 rings (SSSR count). The molecule has 0 spiro atoms. The lowest BCUT2D eigenvalue weighted by molar-refractivity contribution is 0.0734. The molecule has 3 aliphatic rings. The number of fused-ring (bicyclic) bond motifs is 4. The molecule has 0 N–H and O–H groups in total. The van der Waals surface area contributed by atoms with Gasteiger partial charge in [-0.3, -0.25) is 9.69 Å². The van der Waals surface area contributed by atoms with Crippen molar-refractivity contribution in [1.29, 1.82) is 0 Å². The molecule has 0 radical (unpaired) electrons. The molecule has 4 heteroatoms.